The molecular formula is C15H19N5O. The largest absolute Gasteiger partial charge is 0.337 e. The summed E-state index contributed by atoms with van der Waals surface area (Å²) >= 11 is 0. The molecule has 1 saturated heterocycles. The second kappa shape index (κ2) is 6.03. The van der Waals surface area contributed by atoms with E-state index in [2.05, 4.69) is 27.1 Å². The van der Waals surface area contributed by atoms with Crippen molar-refractivity contribution in [2.24, 2.45) is 5.92 Å². The lowest BCUT2D eigenvalue weighted by molar-refractivity contribution is 0.0666. The zero-order valence-corrected chi connectivity index (χ0v) is 12.1. The van der Waals surface area contributed by atoms with E-state index >= 15 is 0 Å². The van der Waals surface area contributed by atoms with Gasteiger partial charge in [-0.3, -0.25) is 14.9 Å². The minimum Gasteiger partial charge on any atom is -0.337 e. The number of aromatic nitrogens is 4. The van der Waals surface area contributed by atoms with Crippen molar-refractivity contribution in [3.05, 3.63) is 41.7 Å². The third-order valence-electron chi connectivity index (χ3n) is 4.02. The molecule has 0 saturated carbocycles. The number of aryl methyl sites for hydroxylation is 1. The minimum absolute atomic E-state index is 0.0193. The van der Waals surface area contributed by atoms with Gasteiger partial charge in [-0.25, -0.2) is 4.98 Å². The average Bonchev–Trinajstić information content (AvgIpc) is 2.93. The monoisotopic (exact) mass is 285 g/mol. The van der Waals surface area contributed by atoms with Crippen LogP contribution in [0.4, 0.5) is 0 Å². The SMILES string of the molecule is Cc1cn[nH]c1CC1CCCN(C(=O)c2cnccn2)C1. The highest BCUT2D eigenvalue weighted by atomic mass is 16.2. The van der Waals surface area contributed by atoms with E-state index in [1.54, 1.807) is 12.4 Å². The maximum absolute atomic E-state index is 12.4. The van der Waals surface area contributed by atoms with E-state index in [1.165, 1.54) is 17.5 Å². The van der Waals surface area contributed by atoms with Crippen molar-refractivity contribution in [3.63, 3.8) is 0 Å². The second-order valence-corrected chi connectivity index (χ2v) is 5.59. The van der Waals surface area contributed by atoms with Crippen molar-refractivity contribution in [2.75, 3.05) is 13.1 Å². The van der Waals surface area contributed by atoms with Crippen LogP contribution in [0.2, 0.25) is 0 Å². The summed E-state index contributed by atoms with van der Waals surface area (Å²) in [7, 11) is 0. The molecule has 0 aromatic carbocycles. The molecule has 1 unspecified atom stereocenters. The molecule has 1 amide bonds. The van der Waals surface area contributed by atoms with Gasteiger partial charge in [0.15, 0.2) is 0 Å². The molecule has 0 spiro atoms. The number of piperidine rings is 1. The van der Waals surface area contributed by atoms with Gasteiger partial charge in [-0.05, 0) is 37.7 Å². The third kappa shape index (κ3) is 3.09. The number of hydrogen-bond donors (Lipinski definition) is 1. The number of nitrogens with zero attached hydrogens (tertiary/aromatic N) is 4. The van der Waals surface area contributed by atoms with E-state index < -0.39 is 0 Å². The van der Waals surface area contributed by atoms with Gasteiger partial charge in [0.2, 0.25) is 0 Å². The van der Waals surface area contributed by atoms with E-state index in [1.807, 2.05) is 11.1 Å². The lowest BCUT2D eigenvalue weighted by Gasteiger charge is -2.32. The van der Waals surface area contributed by atoms with Crippen molar-refractivity contribution in [1.29, 1.82) is 0 Å². The van der Waals surface area contributed by atoms with E-state index in [-0.39, 0.29) is 5.91 Å². The molecule has 21 heavy (non-hydrogen) atoms. The number of likely N-dealkylation sites (tertiary alicyclic amines) is 1. The summed E-state index contributed by atoms with van der Waals surface area (Å²) < 4.78 is 0. The van der Waals surface area contributed by atoms with Crippen molar-refractivity contribution in [2.45, 2.75) is 26.2 Å². The van der Waals surface area contributed by atoms with Gasteiger partial charge < -0.3 is 4.90 Å². The maximum atomic E-state index is 12.4. The fourth-order valence-electron chi connectivity index (χ4n) is 2.86. The Kier molecular flexibility index (Phi) is 3.94. The van der Waals surface area contributed by atoms with Gasteiger partial charge in [0, 0.05) is 31.2 Å². The summed E-state index contributed by atoms with van der Waals surface area (Å²) in [6.07, 6.45) is 9.63. The maximum Gasteiger partial charge on any atom is 0.274 e. The predicted octanol–water partition coefficient (Wildman–Crippen LogP) is 1.60. The zero-order chi connectivity index (χ0) is 14.7. The molecular weight excluding hydrogens is 266 g/mol. The third-order valence-corrected chi connectivity index (χ3v) is 4.02. The topological polar surface area (TPSA) is 74.8 Å². The summed E-state index contributed by atoms with van der Waals surface area (Å²) in [6.45, 7) is 3.63. The van der Waals surface area contributed by atoms with Crippen LogP contribution in [0.5, 0.6) is 0 Å². The van der Waals surface area contributed by atoms with Crippen LogP contribution >= 0.6 is 0 Å². The number of aromatic amines is 1. The number of carbonyl (C=O) groups excluding carboxylic acids is 1. The number of amides is 1. The Bertz CT molecular complexity index is 610. The van der Waals surface area contributed by atoms with Gasteiger partial charge in [-0.15, -0.1) is 0 Å². The van der Waals surface area contributed by atoms with Crippen LogP contribution in [-0.2, 0) is 6.42 Å². The fourth-order valence-corrected chi connectivity index (χ4v) is 2.86. The molecule has 0 bridgehead atoms. The first-order chi connectivity index (χ1) is 10.2. The molecule has 110 valence electrons. The minimum atomic E-state index is -0.0193. The molecule has 3 rings (SSSR count). The van der Waals surface area contributed by atoms with Crippen molar-refractivity contribution in [3.8, 4) is 0 Å². The van der Waals surface area contributed by atoms with Gasteiger partial charge in [0.1, 0.15) is 5.69 Å². The molecule has 0 radical (unpaired) electrons. The molecule has 2 aromatic heterocycles. The number of rotatable bonds is 3. The van der Waals surface area contributed by atoms with Gasteiger partial charge in [-0.2, -0.15) is 5.10 Å². The molecule has 1 aliphatic heterocycles. The lowest BCUT2D eigenvalue weighted by Crippen LogP contribution is -2.41. The Morgan fingerprint density at radius 1 is 1.43 bits per heavy atom. The van der Waals surface area contributed by atoms with Gasteiger partial charge in [0.05, 0.1) is 12.4 Å². The fraction of sp³-hybridized carbons (Fsp3) is 0.467. The number of hydrogen-bond acceptors (Lipinski definition) is 4. The molecule has 6 nitrogen and oxygen atoms in total. The Labute approximate surface area is 123 Å². The first-order valence-corrected chi connectivity index (χ1v) is 7.28. The van der Waals surface area contributed by atoms with Crippen molar-refractivity contribution < 1.29 is 4.79 Å². The molecule has 1 aliphatic rings. The number of nitrogens with one attached hydrogen (secondary N) is 1. The predicted molar refractivity (Wildman–Crippen MR) is 77.7 cm³/mol. The lowest BCUT2D eigenvalue weighted by atomic mass is 9.92. The van der Waals surface area contributed by atoms with Gasteiger partial charge >= 0.3 is 0 Å². The first-order valence-electron chi connectivity index (χ1n) is 7.28. The van der Waals surface area contributed by atoms with Gasteiger partial charge in [0.25, 0.3) is 5.91 Å². The number of carbonyl (C=O) groups is 1. The van der Waals surface area contributed by atoms with Crippen LogP contribution < -0.4 is 0 Å². The van der Waals surface area contributed by atoms with Crippen LogP contribution in [0.1, 0.15) is 34.6 Å². The Morgan fingerprint density at radius 3 is 3.05 bits per heavy atom. The standard InChI is InChI=1S/C15H19N5O/c1-11-8-18-19-13(11)7-12-3-2-6-20(10-12)15(21)14-9-16-4-5-17-14/h4-5,8-9,12H,2-3,6-7,10H2,1H3,(H,18,19). The highest BCUT2D eigenvalue weighted by molar-refractivity contribution is 5.92. The van der Waals surface area contributed by atoms with Crippen LogP contribution in [0, 0.1) is 12.8 Å². The molecule has 1 fully saturated rings. The van der Waals surface area contributed by atoms with E-state index in [0.29, 0.717) is 11.6 Å². The summed E-state index contributed by atoms with van der Waals surface area (Å²) in [5.41, 5.74) is 2.79. The summed E-state index contributed by atoms with van der Waals surface area (Å²) in [4.78, 5) is 22.4. The normalized spacial score (nSPS) is 18.7. The molecule has 1 N–H and O–H groups in total. The molecule has 6 heteroatoms. The van der Waals surface area contributed by atoms with Crippen molar-refractivity contribution >= 4 is 5.91 Å². The van der Waals surface area contributed by atoms with E-state index in [0.717, 1.165) is 32.4 Å². The van der Waals surface area contributed by atoms with Crippen molar-refractivity contribution in [1.82, 2.24) is 25.1 Å². The van der Waals surface area contributed by atoms with E-state index in [4.69, 9.17) is 0 Å². The molecule has 1 atom stereocenters. The molecule has 0 aliphatic carbocycles. The van der Waals surface area contributed by atoms with Crippen LogP contribution in [0.15, 0.2) is 24.8 Å². The Hall–Kier alpha value is -2.24. The van der Waals surface area contributed by atoms with Crippen LogP contribution in [0.3, 0.4) is 0 Å². The first kappa shape index (κ1) is 13.7. The van der Waals surface area contributed by atoms with Gasteiger partial charge in [-0.1, -0.05) is 0 Å². The quantitative estimate of drug-likeness (QED) is 0.929. The smallest absolute Gasteiger partial charge is 0.274 e. The average molecular weight is 285 g/mol. The van der Waals surface area contributed by atoms with Crippen LogP contribution in [-0.4, -0.2) is 44.1 Å². The molecule has 3 heterocycles. The Balaban J connectivity index is 1.66. The molecule has 2 aromatic rings. The summed E-state index contributed by atoms with van der Waals surface area (Å²) in [5.74, 6) is 0.452. The highest BCUT2D eigenvalue weighted by Crippen LogP contribution is 2.22. The number of H-pyrrole nitrogens is 1. The summed E-state index contributed by atoms with van der Waals surface area (Å²) in [5, 5.41) is 7.12. The second-order valence-electron chi connectivity index (χ2n) is 5.59. The van der Waals surface area contributed by atoms with E-state index in [9.17, 15) is 4.79 Å². The highest BCUT2D eigenvalue weighted by Gasteiger charge is 2.26. The Morgan fingerprint density at radius 2 is 2.33 bits per heavy atom. The van der Waals surface area contributed by atoms with Crippen LogP contribution in [0.25, 0.3) is 0 Å². The zero-order valence-electron chi connectivity index (χ0n) is 12.1. The summed E-state index contributed by atoms with van der Waals surface area (Å²) in [6, 6.07) is 0.